The van der Waals surface area contributed by atoms with Crippen molar-refractivity contribution in [2.45, 2.75) is 52.4 Å². The van der Waals surface area contributed by atoms with Gasteiger partial charge >= 0.3 is 0 Å². The molecule has 1 aromatic heterocycles. The third-order valence-corrected chi connectivity index (χ3v) is 4.59. The SMILES string of the molecule is Cn1nc(-c2ccccc2)c(C2CCC2)c1NC(=O)CC(C)(C)C. The number of carbonyl (C=O) groups is 1. The molecule has 3 rings (SSSR count). The van der Waals surface area contributed by atoms with Crippen molar-refractivity contribution in [2.24, 2.45) is 12.5 Å². The molecule has 0 saturated heterocycles. The second-order valence-corrected chi connectivity index (χ2v) is 8.01. The van der Waals surface area contributed by atoms with Crippen LogP contribution < -0.4 is 5.32 Å². The lowest BCUT2D eigenvalue weighted by molar-refractivity contribution is -0.117. The largest absolute Gasteiger partial charge is 0.311 e. The maximum absolute atomic E-state index is 12.5. The summed E-state index contributed by atoms with van der Waals surface area (Å²) in [5.74, 6) is 1.43. The predicted octanol–water partition coefficient (Wildman–Crippen LogP) is 4.73. The third-order valence-electron chi connectivity index (χ3n) is 4.59. The van der Waals surface area contributed by atoms with E-state index in [4.69, 9.17) is 5.10 Å². The Hall–Kier alpha value is -2.10. The van der Waals surface area contributed by atoms with E-state index in [0.717, 1.165) is 17.1 Å². The van der Waals surface area contributed by atoms with Crippen LogP contribution in [-0.2, 0) is 11.8 Å². The molecular formula is C20H27N3O. The zero-order valence-electron chi connectivity index (χ0n) is 15.1. The highest BCUT2D eigenvalue weighted by atomic mass is 16.1. The highest BCUT2D eigenvalue weighted by molar-refractivity contribution is 5.92. The summed E-state index contributed by atoms with van der Waals surface area (Å²) < 4.78 is 1.83. The number of hydrogen-bond acceptors (Lipinski definition) is 2. The number of anilines is 1. The first-order chi connectivity index (χ1) is 11.3. The molecular weight excluding hydrogens is 298 g/mol. The lowest BCUT2D eigenvalue weighted by Gasteiger charge is -2.27. The fraction of sp³-hybridized carbons (Fsp3) is 0.500. The maximum Gasteiger partial charge on any atom is 0.226 e. The molecule has 0 atom stereocenters. The first kappa shape index (κ1) is 16.7. The number of rotatable bonds is 4. The standard InChI is InChI=1S/C20H27N3O/c1-20(2,3)13-16(24)21-19-17(14-11-8-12-14)18(22-23(19)4)15-9-6-5-7-10-15/h5-7,9-10,14H,8,11-13H2,1-4H3,(H,21,24). The summed E-state index contributed by atoms with van der Waals surface area (Å²) in [7, 11) is 1.92. The zero-order chi connectivity index (χ0) is 17.3. The summed E-state index contributed by atoms with van der Waals surface area (Å²) in [6, 6.07) is 10.3. The average Bonchev–Trinajstić information content (AvgIpc) is 2.74. The van der Waals surface area contributed by atoms with Gasteiger partial charge in [0.1, 0.15) is 5.82 Å². The van der Waals surface area contributed by atoms with Gasteiger partial charge in [-0.25, -0.2) is 0 Å². The molecule has 0 bridgehead atoms. The molecule has 0 unspecified atom stereocenters. The number of benzene rings is 1. The van der Waals surface area contributed by atoms with Gasteiger partial charge in [-0.05, 0) is 24.2 Å². The Kier molecular flexibility index (Phi) is 4.48. The number of aromatic nitrogens is 2. The highest BCUT2D eigenvalue weighted by Crippen LogP contribution is 2.44. The van der Waals surface area contributed by atoms with Crippen molar-refractivity contribution in [1.29, 1.82) is 0 Å². The van der Waals surface area contributed by atoms with Crippen LogP contribution in [0.25, 0.3) is 11.3 Å². The van der Waals surface area contributed by atoms with Gasteiger partial charge in [0, 0.05) is 24.6 Å². The molecule has 0 aliphatic heterocycles. The molecule has 4 heteroatoms. The average molecular weight is 325 g/mol. The third kappa shape index (κ3) is 3.53. The Morgan fingerprint density at radius 1 is 1.25 bits per heavy atom. The van der Waals surface area contributed by atoms with Crippen molar-refractivity contribution in [3.8, 4) is 11.3 Å². The smallest absolute Gasteiger partial charge is 0.226 e. The zero-order valence-corrected chi connectivity index (χ0v) is 15.1. The van der Waals surface area contributed by atoms with Crippen LogP contribution >= 0.6 is 0 Å². The maximum atomic E-state index is 12.5. The molecule has 1 aliphatic rings. The summed E-state index contributed by atoms with van der Waals surface area (Å²) in [5.41, 5.74) is 3.30. The van der Waals surface area contributed by atoms with Crippen LogP contribution in [0.4, 0.5) is 5.82 Å². The van der Waals surface area contributed by atoms with Crippen LogP contribution in [0.5, 0.6) is 0 Å². The molecule has 24 heavy (non-hydrogen) atoms. The molecule has 1 aliphatic carbocycles. The van der Waals surface area contributed by atoms with Crippen LogP contribution in [0.3, 0.4) is 0 Å². The second kappa shape index (κ2) is 6.42. The Balaban J connectivity index is 1.97. The number of aryl methyl sites for hydroxylation is 1. The molecule has 1 fully saturated rings. The minimum Gasteiger partial charge on any atom is -0.311 e. The summed E-state index contributed by atoms with van der Waals surface area (Å²) >= 11 is 0. The van der Waals surface area contributed by atoms with Gasteiger partial charge in [0.2, 0.25) is 5.91 Å². The first-order valence-electron chi connectivity index (χ1n) is 8.77. The van der Waals surface area contributed by atoms with Crippen molar-refractivity contribution in [3.63, 3.8) is 0 Å². The van der Waals surface area contributed by atoms with Crippen LogP contribution in [0, 0.1) is 5.41 Å². The number of nitrogens with zero attached hydrogens (tertiary/aromatic N) is 2. The molecule has 4 nitrogen and oxygen atoms in total. The Morgan fingerprint density at radius 2 is 1.92 bits per heavy atom. The van der Waals surface area contributed by atoms with Gasteiger partial charge in [-0.1, -0.05) is 57.5 Å². The van der Waals surface area contributed by atoms with Gasteiger partial charge < -0.3 is 5.32 Å². The first-order valence-corrected chi connectivity index (χ1v) is 8.77. The number of amides is 1. The normalized spacial score (nSPS) is 15.2. The quantitative estimate of drug-likeness (QED) is 0.883. The van der Waals surface area contributed by atoms with Gasteiger partial charge in [0.05, 0.1) is 5.69 Å². The van der Waals surface area contributed by atoms with E-state index in [1.807, 2.05) is 29.9 Å². The molecule has 1 heterocycles. The topological polar surface area (TPSA) is 46.9 Å². The van der Waals surface area contributed by atoms with Crippen LogP contribution in [-0.4, -0.2) is 15.7 Å². The summed E-state index contributed by atoms with van der Waals surface area (Å²) in [4.78, 5) is 12.5. The Bertz CT molecular complexity index is 721. The van der Waals surface area contributed by atoms with Crippen molar-refractivity contribution < 1.29 is 4.79 Å². The Labute approximate surface area is 144 Å². The summed E-state index contributed by atoms with van der Waals surface area (Å²) in [6.07, 6.45) is 4.10. The molecule has 2 aromatic rings. The summed E-state index contributed by atoms with van der Waals surface area (Å²) in [5, 5.41) is 7.87. The van der Waals surface area contributed by atoms with E-state index >= 15 is 0 Å². The van der Waals surface area contributed by atoms with Crippen molar-refractivity contribution in [1.82, 2.24) is 9.78 Å². The van der Waals surface area contributed by atoms with Gasteiger partial charge in [-0.15, -0.1) is 0 Å². The van der Waals surface area contributed by atoms with Gasteiger partial charge in [0.15, 0.2) is 0 Å². The summed E-state index contributed by atoms with van der Waals surface area (Å²) in [6.45, 7) is 6.24. The van der Waals surface area contributed by atoms with Gasteiger partial charge in [0.25, 0.3) is 0 Å². The van der Waals surface area contributed by atoms with Crippen LogP contribution in [0.15, 0.2) is 30.3 Å². The molecule has 1 aromatic carbocycles. The molecule has 1 amide bonds. The monoisotopic (exact) mass is 325 g/mol. The number of hydrogen-bond donors (Lipinski definition) is 1. The lowest BCUT2D eigenvalue weighted by atomic mass is 9.79. The molecule has 0 spiro atoms. The van der Waals surface area contributed by atoms with E-state index in [1.165, 1.54) is 24.8 Å². The second-order valence-electron chi connectivity index (χ2n) is 8.01. The van der Waals surface area contributed by atoms with Gasteiger partial charge in [-0.2, -0.15) is 5.10 Å². The lowest BCUT2D eigenvalue weighted by Crippen LogP contribution is -2.22. The minimum absolute atomic E-state index is 0.0262. The van der Waals surface area contributed by atoms with E-state index < -0.39 is 0 Å². The van der Waals surface area contributed by atoms with E-state index in [9.17, 15) is 4.79 Å². The van der Waals surface area contributed by atoms with Gasteiger partial charge in [-0.3, -0.25) is 9.48 Å². The minimum atomic E-state index is -0.0262. The van der Waals surface area contributed by atoms with Crippen LogP contribution in [0.2, 0.25) is 0 Å². The van der Waals surface area contributed by atoms with E-state index in [2.05, 4.69) is 38.2 Å². The fourth-order valence-corrected chi connectivity index (χ4v) is 3.24. The highest BCUT2D eigenvalue weighted by Gasteiger charge is 2.30. The number of nitrogens with one attached hydrogen (secondary N) is 1. The molecule has 128 valence electrons. The molecule has 0 radical (unpaired) electrons. The number of carbonyl (C=O) groups excluding carboxylic acids is 1. The van der Waals surface area contributed by atoms with Crippen LogP contribution in [0.1, 0.15) is 57.9 Å². The van der Waals surface area contributed by atoms with Crippen molar-refractivity contribution >= 4 is 11.7 Å². The predicted molar refractivity (Wildman–Crippen MR) is 97.9 cm³/mol. The molecule has 1 saturated carbocycles. The van der Waals surface area contributed by atoms with E-state index in [0.29, 0.717) is 12.3 Å². The van der Waals surface area contributed by atoms with Crippen molar-refractivity contribution in [2.75, 3.05) is 5.32 Å². The van der Waals surface area contributed by atoms with E-state index in [1.54, 1.807) is 0 Å². The van der Waals surface area contributed by atoms with Crippen molar-refractivity contribution in [3.05, 3.63) is 35.9 Å². The Morgan fingerprint density at radius 3 is 2.46 bits per heavy atom. The van der Waals surface area contributed by atoms with E-state index in [-0.39, 0.29) is 11.3 Å². The fourth-order valence-electron chi connectivity index (χ4n) is 3.24. The molecule has 1 N–H and O–H groups in total.